The summed E-state index contributed by atoms with van der Waals surface area (Å²) in [6.45, 7) is -2.95. The second-order valence-electron chi connectivity index (χ2n) is 5.08. The molecule has 5 nitrogen and oxygen atoms in total. The van der Waals surface area contributed by atoms with Crippen LogP contribution in [0.1, 0.15) is 5.56 Å². The SMILES string of the molecule is COc1cc(CN(C)S(=O)(=O)c2ccc(Cl)cc2)ccc1OC(F)F. The van der Waals surface area contributed by atoms with Gasteiger partial charge in [-0.15, -0.1) is 0 Å². The first-order valence-electron chi connectivity index (χ1n) is 7.07. The summed E-state index contributed by atoms with van der Waals surface area (Å²) in [6.07, 6.45) is 0. The Labute approximate surface area is 149 Å². The number of hydrogen-bond acceptors (Lipinski definition) is 4. The third-order valence-corrected chi connectivity index (χ3v) is 5.44. The van der Waals surface area contributed by atoms with Crippen LogP contribution in [0.4, 0.5) is 8.78 Å². The van der Waals surface area contributed by atoms with Crippen LogP contribution >= 0.6 is 11.6 Å². The number of sulfonamides is 1. The van der Waals surface area contributed by atoms with E-state index in [2.05, 4.69) is 4.74 Å². The summed E-state index contributed by atoms with van der Waals surface area (Å²) in [4.78, 5) is 0.101. The van der Waals surface area contributed by atoms with Crippen LogP contribution in [0.2, 0.25) is 5.02 Å². The van der Waals surface area contributed by atoms with Crippen molar-refractivity contribution in [3.63, 3.8) is 0 Å². The van der Waals surface area contributed by atoms with E-state index in [9.17, 15) is 17.2 Å². The topological polar surface area (TPSA) is 55.8 Å². The lowest BCUT2D eigenvalue weighted by atomic mass is 10.2. The zero-order valence-electron chi connectivity index (χ0n) is 13.4. The quantitative estimate of drug-likeness (QED) is 0.721. The maximum Gasteiger partial charge on any atom is 0.387 e. The molecular formula is C16H16ClF2NO4S. The molecule has 25 heavy (non-hydrogen) atoms. The van der Waals surface area contributed by atoms with E-state index in [1.165, 1.54) is 56.6 Å². The largest absolute Gasteiger partial charge is 0.493 e. The van der Waals surface area contributed by atoms with Crippen LogP contribution in [-0.4, -0.2) is 33.5 Å². The molecule has 0 aliphatic heterocycles. The molecule has 0 saturated heterocycles. The van der Waals surface area contributed by atoms with Crippen LogP contribution in [0.25, 0.3) is 0 Å². The number of methoxy groups -OCH3 is 1. The van der Waals surface area contributed by atoms with Crippen molar-refractivity contribution in [1.29, 1.82) is 0 Å². The Morgan fingerprint density at radius 1 is 1.12 bits per heavy atom. The van der Waals surface area contributed by atoms with Gasteiger partial charge in [0.1, 0.15) is 0 Å². The molecule has 2 aromatic carbocycles. The van der Waals surface area contributed by atoms with Crippen LogP contribution in [0.3, 0.4) is 0 Å². The molecule has 2 aromatic rings. The fraction of sp³-hybridized carbons (Fsp3) is 0.250. The van der Waals surface area contributed by atoms with E-state index in [0.717, 1.165) is 4.31 Å². The lowest BCUT2D eigenvalue weighted by Gasteiger charge is -2.18. The first kappa shape index (κ1) is 19.4. The molecule has 0 aliphatic carbocycles. The van der Waals surface area contributed by atoms with Crippen LogP contribution in [0, 0.1) is 0 Å². The number of nitrogens with zero attached hydrogens (tertiary/aromatic N) is 1. The maximum atomic E-state index is 12.5. The standard InChI is InChI=1S/C16H16ClF2NO4S/c1-20(25(21,22)13-6-4-12(17)5-7-13)10-11-3-8-14(24-16(18)19)15(9-11)23-2/h3-9,16H,10H2,1-2H3. The fourth-order valence-electron chi connectivity index (χ4n) is 2.13. The highest BCUT2D eigenvalue weighted by molar-refractivity contribution is 7.89. The molecule has 0 spiro atoms. The first-order chi connectivity index (χ1) is 11.7. The van der Waals surface area contributed by atoms with Gasteiger partial charge in [-0.25, -0.2) is 8.42 Å². The minimum absolute atomic E-state index is 0.0241. The van der Waals surface area contributed by atoms with Gasteiger partial charge in [0.05, 0.1) is 12.0 Å². The van der Waals surface area contributed by atoms with Gasteiger partial charge in [-0.3, -0.25) is 0 Å². The Hall–Kier alpha value is -1.90. The average Bonchev–Trinajstić information content (AvgIpc) is 2.56. The molecule has 0 N–H and O–H groups in total. The number of benzene rings is 2. The van der Waals surface area contributed by atoms with Crippen LogP contribution in [0.15, 0.2) is 47.4 Å². The van der Waals surface area contributed by atoms with Gasteiger partial charge in [0.25, 0.3) is 0 Å². The molecule has 0 amide bonds. The highest BCUT2D eigenvalue weighted by Gasteiger charge is 2.21. The average molecular weight is 392 g/mol. The van der Waals surface area contributed by atoms with Crippen molar-refractivity contribution in [3.05, 3.63) is 53.1 Å². The number of ether oxygens (including phenoxy) is 2. The predicted octanol–water partition coefficient (Wildman–Crippen LogP) is 3.77. The molecule has 0 heterocycles. The zero-order valence-corrected chi connectivity index (χ0v) is 15.0. The summed E-state index contributed by atoms with van der Waals surface area (Å²) in [5.41, 5.74) is 0.554. The summed E-state index contributed by atoms with van der Waals surface area (Å²) in [7, 11) is -0.992. The zero-order chi connectivity index (χ0) is 18.6. The van der Waals surface area contributed by atoms with Gasteiger partial charge in [-0.1, -0.05) is 17.7 Å². The van der Waals surface area contributed by atoms with Gasteiger partial charge in [0.15, 0.2) is 11.5 Å². The minimum atomic E-state index is -3.72. The van der Waals surface area contributed by atoms with Crippen LogP contribution in [-0.2, 0) is 16.6 Å². The summed E-state index contributed by atoms with van der Waals surface area (Å²) in [5, 5.41) is 0.431. The number of hydrogen-bond donors (Lipinski definition) is 0. The minimum Gasteiger partial charge on any atom is -0.493 e. The van der Waals surface area contributed by atoms with E-state index >= 15 is 0 Å². The van der Waals surface area contributed by atoms with E-state index < -0.39 is 16.6 Å². The maximum absolute atomic E-state index is 12.5. The van der Waals surface area contributed by atoms with Crippen LogP contribution in [0.5, 0.6) is 11.5 Å². The van der Waals surface area contributed by atoms with Gasteiger partial charge in [-0.05, 0) is 42.0 Å². The van der Waals surface area contributed by atoms with Gasteiger partial charge < -0.3 is 9.47 Å². The van der Waals surface area contributed by atoms with Crippen molar-refractivity contribution in [2.24, 2.45) is 0 Å². The van der Waals surface area contributed by atoms with E-state index in [-0.39, 0.29) is 22.9 Å². The smallest absolute Gasteiger partial charge is 0.387 e. The second-order valence-corrected chi connectivity index (χ2v) is 7.56. The third-order valence-electron chi connectivity index (χ3n) is 3.37. The fourth-order valence-corrected chi connectivity index (χ4v) is 3.42. The van der Waals surface area contributed by atoms with Crippen molar-refractivity contribution in [2.45, 2.75) is 18.1 Å². The van der Waals surface area contributed by atoms with Gasteiger partial charge >= 0.3 is 6.61 Å². The summed E-state index contributed by atoms with van der Waals surface area (Å²) in [5.74, 6) is -0.0282. The lowest BCUT2D eigenvalue weighted by Crippen LogP contribution is -2.26. The normalized spacial score (nSPS) is 11.8. The van der Waals surface area contributed by atoms with E-state index in [1.54, 1.807) is 0 Å². The molecule has 9 heteroatoms. The predicted molar refractivity (Wildman–Crippen MR) is 89.7 cm³/mol. The summed E-state index contributed by atoms with van der Waals surface area (Å²) < 4.78 is 60.3. The van der Waals surface area contributed by atoms with Crippen molar-refractivity contribution in [3.8, 4) is 11.5 Å². The lowest BCUT2D eigenvalue weighted by molar-refractivity contribution is -0.0512. The highest BCUT2D eigenvalue weighted by atomic mass is 35.5. The second kappa shape index (κ2) is 7.99. The van der Waals surface area contributed by atoms with Crippen molar-refractivity contribution in [2.75, 3.05) is 14.2 Å². The van der Waals surface area contributed by atoms with Crippen LogP contribution < -0.4 is 9.47 Å². The van der Waals surface area contributed by atoms with Gasteiger partial charge in [0.2, 0.25) is 10.0 Å². The summed E-state index contributed by atoms with van der Waals surface area (Å²) >= 11 is 5.77. The van der Waals surface area contributed by atoms with Crippen molar-refractivity contribution in [1.82, 2.24) is 4.31 Å². The molecule has 0 radical (unpaired) electrons. The Bertz CT molecular complexity index is 829. The van der Waals surface area contributed by atoms with E-state index in [1.807, 2.05) is 0 Å². The molecular weight excluding hydrogens is 376 g/mol. The van der Waals surface area contributed by atoms with Crippen molar-refractivity contribution < 1.29 is 26.7 Å². The van der Waals surface area contributed by atoms with E-state index in [0.29, 0.717) is 10.6 Å². The van der Waals surface area contributed by atoms with Gasteiger partial charge in [-0.2, -0.15) is 13.1 Å². The number of alkyl halides is 2. The molecule has 0 bridgehead atoms. The molecule has 0 aliphatic rings. The molecule has 2 rings (SSSR count). The number of halogens is 3. The Balaban J connectivity index is 2.22. The highest BCUT2D eigenvalue weighted by Crippen LogP contribution is 2.30. The van der Waals surface area contributed by atoms with Crippen molar-refractivity contribution >= 4 is 21.6 Å². The Kier molecular flexibility index (Phi) is 6.21. The molecule has 0 saturated carbocycles. The molecule has 0 atom stereocenters. The first-order valence-corrected chi connectivity index (χ1v) is 8.89. The monoisotopic (exact) mass is 391 g/mol. The molecule has 0 unspecified atom stereocenters. The van der Waals surface area contributed by atoms with E-state index in [4.69, 9.17) is 16.3 Å². The molecule has 0 fully saturated rings. The molecule has 136 valence electrons. The number of rotatable bonds is 7. The summed E-state index contributed by atoms with van der Waals surface area (Å²) in [6, 6.07) is 10.1. The Morgan fingerprint density at radius 2 is 1.76 bits per heavy atom. The third kappa shape index (κ3) is 4.81. The Morgan fingerprint density at radius 3 is 2.32 bits per heavy atom. The van der Waals surface area contributed by atoms with Gasteiger partial charge in [0, 0.05) is 18.6 Å². The molecule has 0 aromatic heterocycles.